The number of aryl methyl sites for hydroxylation is 2. The van der Waals surface area contributed by atoms with E-state index in [0.717, 1.165) is 39.2 Å². The Morgan fingerprint density at radius 3 is 1.37 bits per heavy atom. The molecule has 0 saturated heterocycles. The van der Waals surface area contributed by atoms with Crippen LogP contribution in [0, 0.1) is 13.8 Å². The molecule has 294 valence electrons. The van der Waals surface area contributed by atoms with Gasteiger partial charge < -0.3 is 9.32 Å². The second kappa shape index (κ2) is 15.6. The Hall–Kier alpha value is -7.94. The van der Waals surface area contributed by atoms with Gasteiger partial charge in [-0.05, 0) is 152 Å². The van der Waals surface area contributed by atoms with Crippen molar-refractivity contribution in [2.45, 2.75) is 13.8 Å². The van der Waals surface area contributed by atoms with Crippen molar-refractivity contribution in [3.05, 3.63) is 236 Å². The molecular weight excluding hydrogens is 751 g/mol. The number of rotatable bonds is 8. The van der Waals surface area contributed by atoms with E-state index in [1.54, 1.807) is 0 Å². The molecule has 0 aliphatic carbocycles. The molecule has 0 radical (unpaired) electrons. The van der Waals surface area contributed by atoms with Crippen molar-refractivity contribution >= 4 is 49.8 Å². The molecule has 0 unspecified atom stereocenters. The largest absolute Gasteiger partial charge is 0.456 e. The van der Waals surface area contributed by atoms with Crippen LogP contribution in [-0.2, 0) is 0 Å². The van der Waals surface area contributed by atoms with E-state index in [2.05, 4.69) is 243 Å². The van der Waals surface area contributed by atoms with E-state index >= 15 is 0 Å². The van der Waals surface area contributed by atoms with Crippen LogP contribution in [0.3, 0.4) is 0 Å². The van der Waals surface area contributed by atoms with Gasteiger partial charge in [0.05, 0.1) is 0 Å². The van der Waals surface area contributed by atoms with Gasteiger partial charge in [0.25, 0.3) is 0 Å². The average molecular weight is 794 g/mol. The van der Waals surface area contributed by atoms with Crippen LogP contribution >= 0.6 is 0 Å². The number of hydrogen-bond donors (Lipinski definition) is 0. The fraction of sp³-hybridized carbons (Fsp3) is 0.0333. The van der Waals surface area contributed by atoms with Crippen molar-refractivity contribution in [2.75, 3.05) is 4.90 Å². The molecule has 0 spiro atoms. The van der Waals surface area contributed by atoms with Crippen LogP contribution in [0.2, 0.25) is 0 Å². The standard InChI is InChI=1S/C60H43NO/c1-40-34-41(2)60-54-33-31-52(39-58(54)62-59(60)35-40)61(51-29-24-46(25-30-51)57-37-48-21-13-12-20-47(48)36-56(57)44-18-10-5-11-19-44)50-27-22-45(23-28-50)53-32-26-49(42-14-6-3-7-15-42)38-55(53)43-16-8-4-9-17-43/h3-39H,1-2H3. The number of anilines is 3. The molecule has 2 nitrogen and oxygen atoms in total. The SMILES string of the molecule is Cc1cc(C)c2c(c1)oc1cc(N(c3ccc(-c4ccc(-c5ccccc5)cc4-c4ccccc4)cc3)c3ccc(-c4cc5ccccc5cc4-c4ccccc4)cc3)ccc12. The molecule has 0 amide bonds. The molecule has 1 heterocycles. The minimum Gasteiger partial charge on any atom is -0.456 e. The van der Waals surface area contributed by atoms with E-state index in [-0.39, 0.29) is 0 Å². The van der Waals surface area contributed by atoms with Gasteiger partial charge in [0, 0.05) is 33.9 Å². The number of fused-ring (bicyclic) bond motifs is 4. The van der Waals surface area contributed by atoms with Crippen LogP contribution in [-0.4, -0.2) is 0 Å². The van der Waals surface area contributed by atoms with E-state index in [1.807, 2.05) is 0 Å². The molecule has 0 fully saturated rings. The van der Waals surface area contributed by atoms with E-state index in [1.165, 1.54) is 77.4 Å². The third-order valence-electron chi connectivity index (χ3n) is 12.2. The lowest BCUT2D eigenvalue weighted by atomic mass is 9.91. The molecule has 0 saturated carbocycles. The molecule has 0 aliphatic heterocycles. The van der Waals surface area contributed by atoms with Gasteiger partial charge in [-0.15, -0.1) is 0 Å². The summed E-state index contributed by atoms with van der Waals surface area (Å²) in [5.41, 5.74) is 19.3. The Bertz CT molecular complexity index is 3380. The van der Waals surface area contributed by atoms with Crippen LogP contribution < -0.4 is 4.90 Å². The zero-order chi connectivity index (χ0) is 41.6. The van der Waals surface area contributed by atoms with E-state index in [0.29, 0.717) is 0 Å². The van der Waals surface area contributed by atoms with Gasteiger partial charge in [-0.1, -0.05) is 158 Å². The third-order valence-corrected chi connectivity index (χ3v) is 12.2. The zero-order valence-electron chi connectivity index (χ0n) is 34.7. The van der Waals surface area contributed by atoms with E-state index in [4.69, 9.17) is 4.42 Å². The quantitative estimate of drug-likeness (QED) is 0.152. The molecule has 0 aliphatic rings. The first kappa shape index (κ1) is 37.1. The summed E-state index contributed by atoms with van der Waals surface area (Å²) in [6, 6.07) is 81.2. The van der Waals surface area contributed by atoms with Gasteiger partial charge in [-0.3, -0.25) is 0 Å². The van der Waals surface area contributed by atoms with E-state index in [9.17, 15) is 0 Å². The average Bonchev–Trinajstić information content (AvgIpc) is 3.70. The van der Waals surface area contributed by atoms with Crippen LogP contribution in [0.25, 0.3) is 88.3 Å². The number of furan rings is 1. The normalized spacial score (nSPS) is 11.4. The third kappa shape index (κ3) is 6.82. The first-order valence-electron chi connectivity index (χ1n) is 21.3. The summed E-state index contributed by atoms with van der Waals surface area (Å²) in [5, 5.41) is 4.76. The lowest BCUT2D eigenvalue weighted by Crippen LogP contribution is -2.09. The molecule has 11 rings (SSSR count). The monoisotopic (exact) mass is 793 g/mol. The van der Waals surface area contributed by atoms with Crippen molar-refractivity contribution in [1.82, 2.24) is 0 Å². The second-order valence-corrected chi connectivity index (χ2v) is 16.3. The highest BCUT2D eigenvalue weighted by atomic mass is 16.3. The fourth-order valence-corrected chi connectivity index (χ4v) is 9.24. The minimum atomic E-state index is 0.874. The Morgan fingerprint density at radius 2 is 0.790 bits per heavy atom. The van der Waals surface area contributed by atoms with Crippen LogP contribution in [0.5, 0.6) is 0 Å². The molecule has 2 heteroatoms. The Balaban J connectivity index is 1.03. The Morgan fingerprint density at radius 1 is 0.323 bits per heavy atom. The van der Waals surface area contributed by atoms with Gasteiger partial charge in [0.15, 0.2) is 0 Å². The predicted octanol–water partition coefficient (Wildman–Crippen LogP) is 17.2. The van der Waals surface area contributed by atoms with Crippen LogP contribution in [0.4, 0.5) is 17.1 Å². The molecule has 0 bridgehead atoms. The molecular formula is C60H43NO. The summed E-state index contributed by atoms with van der Waals surface area (Å²) in [5.74, 6) is 0. The van der Waals surface area contributed by atoms with Crippen molar-refractivity contribution in [2.24, 2.45) is 0 Å². The first-order valence-corrected chi connectivity index (χ1v) is 21.3. The lowest BCUT2D eigenvalue weighted by Gasteiger charge is -2.26. The Labute approximate surface area is 362 Å². The molecule has 62 heavy (non-hydrogen) atoms. The van der Waals surface area contributed by atoms with Crippen molar-refractivity contribution in [3.63, 3.8) is 0 Å². The van der Waals surface area contributed by atoms with Crippen molar-refractivity contribution in [1.29, 1.82) is 0 Å². The first-order chi connectivity index (χ1) is 30.5. The van der Waals surface area contributed by atoms with Gasteiger partial charge in [-0.2, -0.15) is 0 Å². The van der Waals surface area contributed by atoms with Crippen molar-refractivity contribution in [3.8, 4) is 55.6 Å². The summed E-state index contributed by atoms with van der Waals surface area (Å²) >= 11 is 0. The maximum absolute atomic E-state index is 6.59. The lowest BCUT2D eigenvalue weighted by molar-refractivity contribution is 0.668. The minimum absolute atomic E-state index is 0.874. The Kier molecular flexibility index (Phi) is 9.32. The number of nitrogens with zero attached hydrogens (tertiary/aromatic N) is 1. The highest BCUT2D eigenvalue weighted by Gasteiger charge is 2.19. The van der Waals surface area contributed by atoms with Crippen LogP contribution in [0.1, 0.15) is 11.1 Å². The van der Waals surface area contributed by atoms with Gasteiger partial charge in [0.1, 0.15) is 11.2 Å². The van der Waals surface area contributed by atoms with Crippen molar-refractivity contribution < 1.29 is 4.42 Å². The van der Waals surface area contributed by atoms with Gasteiger partial charge in [0.2, 0.25) is 0 Å². The molecule has 10 aromatic carbocycles. The van der Waals surface area contributed by atoms with Gasteiger partial charge in [-0.25, -0.2) is 0 Å². The number of hydrogen-bond acceptors (Lipinski definition) is 2. The van der Waals surface area contributed by atoms with Crippen LogP contribution in [0.15, 0.2) is 229 Å². The summed E-state index contributed by atoms with van der Waals surface area (Å²) in [7, 11) is 0. The summed E-state index contributed by atoms with van der Waals surface area (Å²) in [6.07, 6.45) is 0. The second-order valence-electron chi connectivity index (χ2n) is 16.3. The highest BCUT2D eigenvalue weighted by molar-refractivity contribution is 6.08. The van der Waals surface area contributed by atoms with E-state index < -0.39 is 0 Å². The zero-order valence-corrected chi connectivity index (χ0v) is 34.7. The number of benzene rings is 10. The predicted molar refractivity (Wildman–Crippen MR) is 263 cm³/mol. The maximum Gasteiger partial charge on any atom is 0.137 e. The summed E-state index contributed by atoms with van der Waals surface area (Å²) < 4.78 is 6.59. The molecule has 11 aromatic rings. The maximum atomic E-state index is 6.59. The molecule has 0 atom stereocenters. The highest BCUT2D eigenvalue weighted by Crippen LogP contribution is 2.43. The summed E-state index contributed by atoms with van der Waals surface area (Å²) in [4.78, 5) is 2.34. The topological polar surface area (TPSA) is 16.4 Å². The summed E-state index contributed by atoms with van der Waals surface area (Å²) in [6.45, 7) is 4.30. The fourth-order valence-electron chi connectivity index (χ4n) is 9.24. The molecule has 0 N–H and O–H groups in total. The smallest absolute Gasteiger partial charge is 0.137 e. The molecule has 1 aromatic heterocycles. The van der Waals surface area contributed by atoms with Gasteiger partial charge >= 0.3 is 0 Å².